The summed E-state index contributed by atoms with van der Waals surface area (Å²) in [6.45, 7) is 4.49. The number of fused-ring (bicyclic) bond motifs is 1. The van der Waals surface area contributed by atoms with Gasteiger partial charge in [0.05, 0.1) is 18.9 Å². The Labute approximate surface area is 207 Å². The highest BCUT2D eigenvalue weighted by Crippen LogP contribution is 2.42. The van der Waals surface area contributed by atoms with E-state index in [4.69, 9.17) is 38.4 Å². The summed E-state index contributed by atoms with van der Waals surface area (Å²) in [5.41, 5.74) is 7.52. The number of ether oxygens (including phenoxy) is 2. The van der Waals surface area contributed by atoms with Gasteiger partial charge in [0.1, 0.15) is 10.8 Å². The monoisotopic (exact) mass is 521 g/mol. The maximum atomic E-state index is 6.41. The molecule has 2 aliphatic rings. The Morgan fingerprint density at radius 2 is 2.00 bits per heavy atom. The molecule has 0 unspecified atom stereocenters. The normalized spacial score (nSPS) is 21.9. The highest BCUT2D eigenvalue weighted by Gasteiger charge is 2.47. The molecule has 32 heavy (non-hydrogen) atoms. The molecule has 0 aliphatic carbocycles. The van der Waals surface area contributed by atoms with Crippen molar-refractivity contribution in [2.45, 2.75) is 31.9 Å². The fourth-order valence-corrected chi connectivity index (χ4v) is 4.53. The van der Waals surface area contributed by atoms with Crippen molar-refractivity contribution in [3.8, 4) is 11.6 Å². The first-order valence-corrected chi connectivity index (χ1v) is 10.5. The van der Waals surface area contributed by atoms with Crippen molar-refractivity contribution in [1.29, 1.82) is 0 Å². The summed E-state index contributed by atoms with van der Waals surface area (Å²) in [6.07, 6.45) is 5.29. The summed E-state index contributed by atoms with van der Waals surface area (Å²) in [5.74, 6) is 1.41. The molecule has 5 rings (SSSR count). The van der Waals surface area contributed by atoms with Gasteiger partial charge in [-0.25, -0.2) is 15.0 Å². The second-order valence-electron chi connectivity index (χ2n) is 7.86. The van der Waals surface area contributed by atoms with Crippen molar-refractivity contribution < 1.29 is 9.47 Å². The lowest BCUT2D eigenvalue weighted by molar-refractivity contribution is 0.0974. The van der Waals surface area contributed by atoms with Gasteiger partial charge in [-0.2, -0.15) is 0 Å². The van der Waals surface area contributed by atoms with Gasteiger partial charge < -0.3 is 20.1 Å². The van der Waals surface area contributed by atoms with Crippen LogP contribution in [0.5, 0.6) is 11.6 Å². The maximum absolute atomic E-state index is 6.41. The van der Waals surface area contributed by atoms with Crippen LogP contribution in [0.3, 0.4) is 0 Å². The zero-order valence-corrected chi connectivity index (χ0v) is 20.3. The number of aromatic nitrogens is 5. The predicted octanol–water partition coefficient (Wildman–Crippen LogP) is 4.02. The third-order valence-electron chi connectivity index (χ3n) is 6.17. The summed E-state index contributed by atoms with van der Waals surface area (Å²) in [7, 11) is 0. The van der Waals surface area contributed by atoms with E-state index >= 15 is 0 Å². The average molecular weight is 523 g/mol. The van der Waals surface area contributed by atoms with Crippen LogP contribution >= 0.6 is 48.0 Å². The minimum atomic E-state index is 0. The van der Waals surface area contributed by atoms with Gasteiger partial charge in [-0.05, 0) is 19.8 Å². The first kappa shape index (κ1) is 25.0. The van der Waals surface area contributed by atoms with Crippen molar-refractivity contribution in [2.24, 2.45) is 11.1 Å². The SMILES string of the molecule is C[C@@H]1OCC2(CCN(c3cnc4c(Oc5ccnc(Cl)c5Cl)n[nH]c4n3)CC2)[C@@H]1N.Cl.Cl. The second kappa shape index (κ2) is 9.70. The zero-order valence-electron chi connectivity index (χ0n) is 17.1. The number of pyridine rings is 1. The molecule has 3 aromatic heterocycles. The van der Waals surface area contributed by atoms with Crippen LogP contribution in [-0.4, -0.2) is 57.0 Å². The smallest absolute Gasteiger partial charge is 0.266 e. The van der Waals surface area contributed by atoms with Gasteiger partial charge in [0.25, 0.3) is 5.88 Å². The van der Waals surface area contributed by atoms with Gasteiger partial charge in [-0.1, -0.05) is 23.2 Å². The molecule has 0 radical (unpaired) electrons. The summed E-state index contributed by atoms with van der Waals surface area (Å²) < 4.78 is 11.6. The van der Waals surface area contributed by atoms with Crippen LogP contribution in [0, 0.1) is 5.41 Å². The van der Waals surface area contributed by atoms with E-state index in [1.807, 2.05) is 0 Å². The van der Waals surface area contributed by atoms with Crippen molar-refractivity contribution in [2.75, 3.05) is 24.6 Å². The van der Waals surface area contributed by atoms with Gasteiger partial charge >= 0.3 is 0 Å². The van der Waals surface area contributed by atoms with Crippen LogP contribution in [0.4, 0.5) is 5.82 Å². The molecule has 2 saturated heterocycles. The molecule has 0 saturated carbocycles. The number of nitrogens with one attached hydrogen (secondary N) is 1. The van der Waals surface area contributed by atoms with Crippen LogP contribution in [0.15, 0.2) is 18.5 Å². The van der Waals surface area contributed by atoms with Crippen LogP contribution in [-0.2, 0) is 4.74 Å². The Morgan fingerprint density at radius 3 is 2.69 bits per heavy atom. The Hall–Kier alpha value is -1.62. The third kappa shape index (κ3) is 4.30. The van der Waals surface area contributed by atoms with E-state index in [9.17, 15) is 0 Å². The van der Waals surface area contributed by atoms with Crippen LogP contribution < -0.4 is 15.4 Å². The fraction of sp³-hybridized carbons (Fsp3) is 0.474. The van der Waals surface area contributed by atoms with E-state index in [0.29, 0.717) is 16.9 Å². The first-order valence-electron chi connectivity index (χ1n) is 9.78. The maximum Gasteiger partial charge on any atom is 0.266 e. The van der Waals surface area contributed by atoms with Crippen molar-refractivity contribution in [3.63, 3.8) is 0 Å². The number of halogens is 4. The highest BCUT2D eigenvalue weighted by atomic mass is 35.5. The lowest BCUT2D eigenvalue weighted by Crippen LogP contribution is -2.50. The van der Waals surface area contributed by atoms with E-state index in [0.717, 1.165) is 38.4 Å². The van der Waals surface area contributed by atoms with Crippen molar-refractivity contribution >= 4 is 65.0 Å². The predicted molar refractivity (Wildman–Crippen MR) is 128 cm³/mol. The van der Waals surface area contributed by atoms with Crippen molar-refractivity contribution in [3.05, 3.63) is 28.6 Å². The fourth-order valence-electron chi connectivity index (χ4n) is 4.23. The molecular weight excluding hydrogens is 500 g/mol. The average Bonchev–Trinajstić information content (AvgIpc) is 3.28. The molecule has 0 amide bonds. The number of H-pyrrole nitrogens is 1. The minimum absolute atomic E-state index is 0. The van der Waals surface area contributed by atoms with Crippen molar-refractivity contribution in [1.82, 2.24) is 25.1 Å². The summed E-state index contributed by atoms with van der Waals surface area (Å²) in [5, 5.41) is 7.43. The summed E-state index contributed by atoms with van der Waals surface area (Å²) in [4.78, 5) is 15.3. The number of anilines is 1. The van der Waals surface area contributed by atoms with Crippen LogP contribution in [0.25, 0.3) is 11.2 Å². The van der Waals surface area contributed by atoms with E-state index < -0.39 is 0 Å². The minimum Gasteiger partial charge on any atom is -0.434 e. The number of rotatable bonds is 3. The quantitative estimate of drug-likeness (QED) is 0.495. The highest BCUT2D eigenvalue weighted by molar-refractivity contribution is 6.42. The number of piperidine rings is 1. The Balaban J connectivity index is 0.00000144. The molecule has 2 atom stereocenters. The Morgan fingerprint density at radius 1 is 1.25 bits per heavy atom. The Bertz CT molecular complexity index is 1090. The second-order valence-corrected chi connectivity index (χ2v) is 8.60. The van der Waals surface area contributed by atoms with Gasteiger partial charge in [0.2, 0.25) is 0 Å². The summed E-state index contributed by atoms with van der Waals surface area (Å²) >= 11 is 12.1. The third-order valence-corrected chi connectivity index (χ3v) is 6.92. The first-order chi connectivity index (χ1) is 14.5. The lowest BCUT2D eigenvalue weighted by Gasteiger charge is -2.41. The van der Waals surface area contributed by atoms with Crippen LogP contribution in [0.2, 0.25) is 10.2 Å². The number of nitrogens with zero attached hydrogens (tertiary/aromatic N) is 5. The topological polar surface area (TPSA) is 115 Å². The standard InChI is InChI=1S/C19H21Cl2N7O2.2ClH/c1-10-15(22)19(9-29-10)3-6-28(7-4-19)12-8-24-14-17(25-12)26-27-18(14)30-11-2-5-23-16(21)13(11)20;;/h2,5,8,10,15H,3-4,6-7,9,22H2,1H3,(H,25,26,27);2*1H/t10-,15+;;/m0../s1. The molecule has 3 aromatic rings. The van der Waals surface area contributed by atoms with Crippen LogP contribution in [0.1, 0.15) is 19.8 Å². The molecule has 9 nitrogen and oxygen atoms in total. The van der Waals surface area contributed by atoms with Gasteiger partial charge in [0.15, 0.2) is 22.1 Å². The number of hydrogen-bond acceptors (Lipinski definition) is 8. The molecule has 3 N–H and O–H groups in total. The largest absolute Gasteiger partial charge is 0.434 e. The van der Waals surface area contributed by atoms with E-state index in [1.165, 1.54) is 6.20 Å². The van der Waals surface area contributed by atoms with Gasteiger partial charge in [-0.3, -0.25) is 5.10 Å². The lowest BCUT2D eigenvalue weighted by atomic mass is 9.73. The molecule has 0 bridgehead atoms. The Kier molecular flexibility index (Phi) is 7.59. The van der Waals surface area contributed by atoms with E-state index in [1.54, 1.807) is 12.3 Å². The van der Waals surface area contributed by atoms with Gasteiger partial charge in [0, 0.05) is 36.8 Å². The number of aromatic amines is 1. The number of hydrogen-bond donors (Lipinski definition) is 2. The number of nitrogens with two attached hydrogens (primary N) is 1. The molecule has 2 fully saturated rings. The molecule has 174 valence electrons. The molecule has 0 aromatic carbocycles. The zero-order chi connectivity index (χ0) is 20.9. The molecular formula is C19H23Cl4N7O2. The molecule has 2 aliphatic heterocycles. The molecule has 1 spiro atoms. The van der Waals surface area contributed by atoms with E-state index in [-0.39, 0.29) is 58.4 Å². The molecule has 13 heteroatoms. The van der Waals surface area contributed by atoms with Gasteiger partial charge in [-0.15, -0.1) is 29.9 Å². The molecule has 5 heterocycles. The summed E-state index contributed by atoms with van der Waals surface area (Å²) in [6, 6.07) is 1.69. The van der Waals surface area contributed by atoms with E-state index in [2.05, 4.69) is 37.0 Å².